The summed E-state index contributed by atoms with van der Waals surface area (Å²) in [6.07, 6.45) is 4.98. The lowest BCUT2D eigenvalue weighted by Crippen LogP contribution is -2.39. The van der Waals surface area contributed by atoms with Gasteiger partial charge in [0.25, 0.3) is 5.91 Å². The van der Waals surface area contributed by atoms with Crippen molar-refractivity contribution in [2.24, 2.45) is 0 Å². The van der Waals surface area contributed by atoms with Gasteiger partial charge in [-0.3, -0.25) is 4.79 Å². The maximum atomic E-state index is 13.0. The van der Waals surface area contributed by atoms with Crippen LogP contribution in [-0.4, -0.2) is 38.8 Å². The fourth-order valence-corrected chi connectivity index (χ4v) is 5.43. The highest BCUT2D eigenvalue weighted by atomic mass is 32.1. The fraction of sp³-hybridized carbons (Fsp3) is 0.385. The molecule has 4 rings (SSSR count). The zero-order valence-electron chi connectivity index (χ0n) is 19.3. The van der Waals surface area contributed by atoms with Gasteiger partial charge in [0.15, 0.2) is 11.5 Å². The van der Waals surface area contributed by atoms with E-state index < -0.39 is 0 Å². The summed E-state index contributed by atoms with van der Waals surface area (Å²) in [5, 5.41) is 5.87. The summed E-state index contributed by atoms with van der Waals surface area (Å²) >= 11 is 1.50. The van der Waals surface area contributed by atoms with Crippen LogP contribution < -0.4 is 19.5 Å². The Hall–Kier alpha value is -3.06. The molecule has 0 saturated heterocycles. The molecule has 1 heterocycles. The Bertz CT molecular complexity index is 1110. The van der Waals surface area contributed by atoms with Gasteiger partial charge in [0.05, 0.1) is 26.3 Å². The number of carbonyl (C=O) groups is 1. The smallest absolute Gasteiger partial charge is 0.270 e. The number of amides is 1. The van der Waals surface area contributed by atoms with Gasteiger partial charge in [-0.2, -0.15) is 0 Å². The van der Waals surface area contributed by atoms with E-state index in [0.29, 0.717) is 30.2 Å². The number of nitrogens with one attached hydrogen (secondary N) is 1. The number of nitrogens with zero attached hydrogens (tertiary/aromatic N) is 1. The Kier molecular flexibility index (Phi) is 7.18. The van der Waals surface area contributed by atoms with Crippen molar-refractivity contribution in [3.05, 3.63) is 69.7 Å². The maximum absolute atomic E-state index is 13.0. The van der Waals surface area contributed by atoms with Crippen LogP contribution in [0.15, 0.2) is 47.8 Å². The average molecular weight is 467 g/mol. The van der Waals surface area contributed by atoms with Crippen LogP contribution in [0.1, 0.15) is 52.3 Å². The van der Waals surface area contributed by atoms with Gasteiger partial charge in [-0.15, -0.1) is 11.3 Å². The summed E-state index contributed by atoms with van der Waals surface area (Å²) in [6.45, 7) is 0.570. The minimum Gasteiger partial charge on any atom is -0.496 e. The van der Waals surface area contributed by atoms with Gasteiger partial charge in [-0.25, -0.2) is 4.98 Å². The molecule has 33 heavy (non-hydrogen) atoms. The van der Waals surface area contributed by atoms with Gasteiger partial charge < -0.3 is 19.5 Å². The first-order valence-electron chi connectivity index (χ1n) is 11.2. The van der Waals surface area contributed by atoms with E-state index in [1.54, 1.807) is 21.3 Å². The molecule has 1 aromatic heterocycles. The third-order valence-electron chi connectivity index (χ3n) is 6.46. The average Bonchev–Trinajstić information content (AvgIpc) is 3.53. The lowest BCUT2D eigenvalue weighted by Gasteiger charge is -2.30. The van der Waals surface area contributed by atoms with Crippen molar-refractivity contribution < 1.29 is 19.0 Å². The number of aromatic nitrogens is 1. The molecule has 1 amide bonds. The predicted molar refractivity (Wildman–Crippen MR) is 130 cm³/mol. The molecule has 0 atom stereocenters. The molecule has 3 aromatic rings. The highest BCUT2D eigenvalue weighted by Gasteiger charge is 2.36. The van der Waals surface area contributed by atoms with Crippen LogP contribution in [-0.2, 0) is 11.8 Å². The summed E-state index contributed by atoms with van der Waals surface area (Å²) in [6, 6.07) is 14.0. The summed E-state index contributed by atoms with van der Waals surface area (Å²) < 4.78 is 16.3. The first-order chi connectivity index (χ1) is 16.1. The van der Waals surface area contributed by atoms with Crippen molar-refractivity contribution in [1.29, 1.82) is 0 Å². The molecule has 1 aliphatic rings. The standard InChI is InChI=1S/C26H30N2O4S/c1-30-21-9-5-4-8-18(21)14-24-28-20(16-33-24)25(29)27-17-26(12-6-7-13-26)19-10-11-22(31-2)23(15-19)32-3/h4-5,8-11,15-16H,6-7,12-14,17H2,1-3H3,(H,27,29). The molecule has 2 aromatic carbocycles. The van der Waals surface area contributed by atoms with Crippen molar-refractivity contribution >= 4 is 17.2 Å². The number of rotatable bonds is 9. The zero-order valence-corrected chi connectivity index (χ0v) is 20.2. The topological polar surface area (TPSA) is 69.7 Å². The largest absolute Gasteiger partial charge is 0.496 e. The minimum atomic E-state index is -0.135. The Morgan fingerprint density at radius 3 is 2.45 bits per heavy atom. The summed E-state index contributed by atoms with van der Waals surface area (Å²) in [4.78, 5) is 17.5. The van der Waals surface area contributed by atoms with Crippen molar-refractivity contribution in [2.45, 2.75) is 37.5 Å². The minimum absolute atomic E-state index is 0.106. The van der Waals surface area contributed by atoms with Gasteiger partial charge in [0, 0.05) is 29.3 Å². The Morgan fingerprint density at radius 2 is 1.73 bits per heavy atom. The highest BCUT2D eigenvalue weighted by Crippen LogP contribution is 2.43. The van der Waals surface area contributed by atoms with Gasteiger partial charge in [0.2, 0.25) is 0 Å². The van der Waals surface area contributed by atoms with Crippen molar-refractivity contribution in [3.63, 3.8) is 0 Å². The number of hydrogen-bond donors (Lipinski definition) is 1. The zero-order chi connectivity index (χ0) is 23.3. The molecule has 1 fully saturated rings. The summed E-state index contributed by atoms with van der Waals surface area (Å²) in [5.74, 6) is 2.12. The van der Waals surface area contributed by atoms with Crippen LogP contribution in [0, 0.1) is 0 Å². The molecule has 0 radical (unpaired) electrons. The molecule has 0 unspecified atom stereocenters. The lowest BCUT2D eigenvalue weighted by atomic mass is 9.78. The predicted octanol–water partition coefficient (Wildman–Crippen LogP) is 5.00. The molecule has 1 N–H and O–H groups in total. The third kappa shape index (κ3) is 4.98. The van der Waals surface area contributed by atoms with E-state index >= 15 is 0 Å². The van der Waals surface area contributed by atoms with Crippen LogP contribution >= 0.6 is 11.3 Å². The van der Waals surface area contributed by atoms with E-state index in [1.165, 1.54) is 16.9 Å². The Labute approximate surface area is 198 Å². The maximum Gasteiger partial charge on any atom is 0.270 e. The monoisotopic (exact) mass is 466 g/mol. The molecule has 6 nitrogen and oxygen atoms in total. The lowest BCUT2D eigenvalue weighted by molar-refractivity contribution is 0.0938. The van der Waals surface area contributed by atoms with Crippen LogP contribution in [0.25, 0.3) is 0 Å². The number of ether oxygens (including phenoxy) is 3. The third-order valence-corrected chi connectivity index (χ3v) is 7.31. The van der Waals surface area contributed by atoms with Crippen LogP contribution in [0.2, 0.25) is 0 Å². The first kappa shape index (κ1) is 23.1. The van der Waals surface area contributed by atoms with Crippen LogP contribution in [0.4, 0.5) is 0 Å². The van der Waals surface area contributed by atoms with Crippen LogP contribution in [0.5, 0.6) is 17.2 Å². The molecule has 0 bridgehead atoms. The molecule has 1 aliphatic carbocycles. The molecule has 0 spiro atoms. The van der Waals surface area contributed by atoms with E-state index in [-0.39, 0.29) is 11.3 Å². The fourth-order valence-electron chi connectivity index (χ4n) is 4.63. The number of para-hydroxylation sites is 1. The summed E-state index contributed by atoms with van der Waals surface area (Å²) in [7, 11) is 4.95. The molecule has 1 saturated carbocycles. The SMILES string of the molecule is COc1ccccc1Cc1nc(C(=O)NCC2(c3ccc(OC)c(OC)c3)CCCC2)cs1. The molecule has 7 heteroatoms. The van der Waals surface area contributed by atoms with E-state index in [2.05, 4.69) is 16.4 Å². The van der Waals surface area contributed by atoms with E-state index in [9.17, 15) is 4.79 Å². The second-order valence-electron chi connectivity index (χ2n) is 8.35. The summed E-state index contributed by atoms with van der Waals surface area (Å²) in [5.41, 5.74) is 2.59. The number of carbonyl (C=O) groups excluding carboxylic acids is 1. The van der Waals surface area contributed by atoms with Gasteiger partial charge in [-0.1, -0.05) is 37.1 Å². The number of hydrogen-bond acceptors (Lipinski definition) is 6. The Balaban J connectivity index is 1.46. The van der Waals surface area contributed by atoms with Gasteiger partial charge >= 0.3 is 0 Å². The molecular formula is C26H30N2O4S. The van der Waals surface area contributed by atoms with Gasteiger partial charge in [-0.05, 0) is 36.6 Å². The van der Waals surface area contributed by atoms with E-state index in [4.69, 9.17) is 14.2 Å². The second kappa shape index (κ2) is 10.3. The number of methoxy groups -OCH3 is 3. The number of thiazole rings is 1. The molecular weight excluding hydrogens is 436 g/mol. The van der Waals surface area contributed by atoms with E-state index in [0.717, 1.165) is 42.0 Å². The first-order valence-corrected chi connectivity index (χ1v) is 12.0. The highest BCUT2D eigenvalue weighted by molar-refractivity contribution is 7.09. The van der Waals surface area contributed by atoms with Gasteiger partial charge in [0.1, 0.15) is 11.4 Å². The number of benzene rings is 2. The van der Waals surface area contributed by atoms with Crippen LogP contribution in [0.3, 0.4) is 0 Å². The second-order valence-corrected chi connectivity index (χ2v) is 9.30. The molecule has 174 valence electrons. The quantitative estimate of drug-likeness (QED) is 0.481. The normalized spacial score (nSPS) is 14.6. The van der Waals surface area contributed by atoms with Crippen molar-refractivity contribution in [3.8, 4) is 17.2 Å². The van der Waals surface area contributed by atoms with Crippen molar-refractivity contribution in [2.75, 3.05) is 27.9 Å². The van der Waals surface area contributed by atoms with E-state index in [1.807, 2.05) is 41.8 Å². The Morgan fingerprint density at radius 1 is 1.00 bits per heavy atom. The van der Waals surface area contributed by atoms with Crippen molar-refractivity contribution in [1.82, 2.24) is 10.3 Å². The molecule has 0 aliphatic heterocycles.